The first-order valence-electron chi connectivity index (χ1n) is 12.2. The maximum Gasteiger partial charge on any atom is 0.269 e. The molecule has 11 heteroatoms. The predicted octanol–water partition coefficient (Wildman–Crippen LogP) is 2.65. The Morgan fingerprint density at radius 3 is 2.03 bits per heavy atom. The Morgan fingerprint density at radius 1 is 0.846 bits per heavy atom. The molecule has 0 aromatic heterocycles. The second kappa shape index (κ2) is 11.6. The molecule has 0 fully saturated rings. The molecule has 0 saturated heterocycles. The fourth-order valence-corrected chi connectivity index (χ4v) is 5.25. The summed E-state index contributed by atoms with van der Waals surface area (Å²) in [7, 11) is -2.18. The van der Waals surface area contributed by atoms with E-state index < -0.39 is 21.8 Å². The van der Waals surface area contributed by atoms with E-state index in [-0.39, 0.29) is 48.2 Å². The lowest BCUT2D eigenvalue weighted by Gasteiger charge is -2.17. The third-order valence-electron chi connectivity index (χ3n) is 6.33. The number of carbonyl (C=O) groups excluding carboxylic acids is 4. The van der Waals surface area contributed by atoms with Gasteiger partial charge in [-0.1, -0.05) is 42.0 Å². The maximum absolute atomic E-state index is 12.8. The van der Waals surface area contributed by atoms with Gasteiger partial charge in [0.05, 0.1) is 16.0 Å². The highest BCUT2D eigenvalue weighted by molar-refractivity contribution is 7.89. The first-order valence-corrected chi connectivity index (χ1v) is 13.7. The zero-order chi connectivity index (χ0) is 28.2. The summed E-state index contributed by atoms with van der Waals surface area (Å²) in [5.41, 5.74) is 7.27. The van der Waals surface area contributed by atoms with E-state index in [1.165, 1.54) is 23.5 Å². The quantitative estimate of drug-likeness (QED) is 0.312. The topological polar surface area (TPSA) is 133 Å². The highest BCUT2D eigenvalue weighted by Crippen LogP contribution is 2.22. The number of nitrogens with zero attached hydrogens (tertiary/aromatic N) is 2. The maximum atomic E-state index is 12.8. The van der Waals surface area contributed by atoms with Crippen molar-refractivity contribution in [2.45, 2.75) is 31.2 Å². The monoisotopic (exact) mass is 548 g/mol. The van der Waals surface area contributed by atoms with Crippen molar-refractivity contribution in [3.05, 3.63) is 101 Å². The van der Waals surface area contributed by atoms with Crippen LogP contribution < -0.4 is 10.9 Å². The highest BCUT2D eigenvalue weighted by Gasteiger charge is 2.34. The lowest BCUT2D eigenvalue weighted by molar-refractivity contribution is -0.122. The number of fused-ring (bicyclic) bond motifs is 1. The van der Waals surface area contributed by atoms with E-state index in [9.17, 15) is 27.6 Å². The minimum Gasteiger partial charge on any atom is -0.274 e. The summed E-state index contributed by atoms with van der Waals surface area (Å²) < 4.78 is 26.8. The van der Waals surface area contributed by atoms with E-state index in [4.69, 9.17) is 0 Å². The van der Waals surface area contributed by atoms with Crippen LogP contribution in [0.1, 0.15) is 55.0 Å². The van der Waals surface area contributed by atoms with Gasteiger partial charge in [-0.25, -0.2) is 8.42 Å². The normalized spacial score (nSPS) is 12.9. The molecule has 0 spiro atoms. The molecule has 3 aromatic rings. The average molecular weight is 549 g/mol. The Labute approximate surface area is 226 Å². The molecule has 39 heavy (non-hydrogen) atoms. The molecular formula is C28H28N4O6S. The van der Waals surface area contributed by atoms with Gasteiger partial charge in [0.1, 0.15) is 0 Å². The average Bonchev–Trinajstić information content (AvgIpc) is 3.17. The van der Waals surface area contributed by atoms with Crippen molar-refractivity contribution in [2.24, 2.45) is 0 Å². The second-order valence-electron chi connectivity index (χ2n) is 9.18. The van der Waals surface area contributed by atoms with Crippen LogP contribution in [0.3, 0.4) is 0 Å². The summed E-state index contributed by atoms with van der Waals surface area (Å²) >= 11 is 0. The van der Waals surface area contributed by atoms with Gasteiger partial charge in [-0.15, -0.1) is 0 Å². The molecule has 0 atom stereocenters. The minimum absolute atomic E-state index is 0.00554. The van der Waals surface area contributed by atoms with Crippen molar-refractivity contribution in [1.82, 2.24) is 20.1 Å². The molecule has 1 aliphatic heterocycles. The Kier molecular flexibility index (Phi) is 8.22. The van der Waals surface area contributed by atoms with E-state index in [2.05, 4.69) is 10.9 Å². The van der Waals surface area contributed by atoms with Crippen molar-refractivity contribution in [3.8, 4) is 0 Å². The molecule has 0 unspecified atom stereocenters. The Bertz CT molecular complexity index is 1480. The van der Waals surface area contributed by atoms with Crippen LogP contribution in [-0.2, 0) is 21.4 Å². The Balaban J connectivity index is 1.22. The summed E-state index contributed by atoms with van der Waals surface area (Å²) in [6.07, 6.45) is 0.231. The number of hydrazine groups is 1. The number of imide groups is 1. The van der Waals surface area contributed by atoms with Gasteiger partial charge in [0, 0.05) is 32.1 Å². The summed E-state index contributed by atoms with van der Waals surface area (Å²) in [4.78, 5) is 50.7. The number of sulfonamides is 1. The van der Waals surface area contributed by atoms with Gasteiger partial charge >= 0.3 is 0 Å². The van der Waals surface area contributed by atoms with E-state index in [1.54, 1.807) is 60.7 Å². The molecule has 1 aliphatic rings. The van der Waals surface area contributed by atoms with Gasteiger partial charge < -0.3 is 0 Å². The van der Waals surface area contributed by atoms with Crippen molar-refractivity contribution < 1.29 is 27.6 Å². The highest BCUT2D eigenvalue weighted by atomic mass is 32.2. The third-order valence-corrected chi connectivity index (χ3v) is 8.15. The third kappa shape index (κ3) is 6.21. The zero-order valence-corrected chi connectivity index (χ0v) is 22.3. The van der Waals surface area contributed by atoms with E-state index in [1.807, 2.05) is 6.92 Å². The van der Waals surface area contributed by atoms with E-state index in [0.29, 0.717) is 16.7 Å². The number of rotatable bonds is 9. The molecule has 202 valence electrons. The van der Waals surface area contributed by atoms with Crippen molar-refractivity contribution >= 4 is 33.7 Å². The van der Waals surface area contributed by atoms with Crippen LogP contribution >= 0.6 is 0 Å². The van der Waals surface area contributed by atoms with Crippen molar-refractivity contribution in [3.63, 3.8) is 0 Å². The lowest BCUT2D eigenvalue weighted by Crippen LogP contribution is -2.42. The van der Waals surface area contributed by atoms with Crippen LogP contribution in [0.15, 0.2) is 77.7 Å². The van der Waals surface area contributed by atoms with Crippen LogP contribution in [0.5, 0.6) is 0 Å². The minimum atomic E-state index is -3.67. The number of hydrogen-bond acceptors (Lipinski definition) is 6. The first kappa shape index (κ1) is 27.7. The SMILES string of the molecule is Cc1ccc(S(=O)(=O)N(C)Cc2ccc(C(=O)NNC(=O)CCCN3C(=O)c4ccccc4C3=O)cc2)cc1. The summed E-state index contributed by atoms with van der Waals surface area (Å²) in [5, 5.41) is 0. The van der Waals surface area contributed by atoms with Gasteiger partial charge in [-0.05, 0) is 55.3 Å². The molecule has 0 bridgehead atoms. The van der Waals surface area contributed by atoms with Crippen LogP contribution in [0, 0.1) is 6.92 Å². The van der Waals surface area contributed by atoms with Crippen LogP contribution in [0.4, 0.5) is 0 Å². The van der Waals surface area contributed by atoms with Crippen LogP contribution in [0.25, 0.3) is 0 Å². The fourth-order valence-electron chi connectivity index (χ4n) is 4.09. The molecule has 0 saturated carbocycles. The van der Waals surface area contributed by atoms with Gasteiger partial charge in [-0.3, -0.25) is 34.9 Å². The van der Waals surface area contributed by atoms with E-state index in [0.717, 1.165) is 10.5 Å². The van der Waals surface area contributed by atoms with Gasteiger partial charge in [0.25, 0.3) is 17.7 Å². The number of hydrogen-bond donors (Lipinski definition) is 2. The Hall–Kier alpha value is -4.35. The Morgan fingerprint density at radius 2 is 1.44 bits per heavy atom. The second-order valence-corrected chi connectivity index (χ2v) is 11.2. The number of amides is 4. The largest absolute Gasteiger partial charge is 0.274 e. The summed E-state index contributed by atoms with van der Waals surface area (Å²) in [5.74, 6) is -1.78. The molecule has 1 heterocycles. The lowest BCUT2D eigenvalue weighted by atomic mass is 10.1. The van der Waals surface area contributed by atoms with Gasteiger partial charge in [0.15, 0.2) is 0 Å². The molecular weight excluding hydrogens is 520 g/mol. The standard InChI is InChI=1S/C28H28N4O6S/c1-19-9-15-22(16-10-19)39(37,38)31(2)18-20-11-13-21(14-12-20)26(34)30-29-25(33)8-5-17-32-27(35)23-6-3-4-7-24(23)28(32)36/h3-4,6-7,9-16H,5,8,17-18H2,1-2H3,(H,29,33)(H,30,34). The molecule has 4 amide bonds. The van der Waals surface area contributed by atoms with Gasteiger partial charge in [0.2, 0.25) is 15.9 Å². The molecule has 2 N–H and O–H groups in total. The van der Waals surface area contributed by atoms with Crippen molar-refractivity contribution in [2.75, 3.05) is 13.6 Å². The van der Waals surface area contributed by atoms with Crippen LogP contribution in [-0.4, -0.2) is 54.8 Å². The predicted molar refractivity (Wildman–Crippen MR) is 143 cm³/mol. The first-order chi connectivity index (χ1) is 18.6. The van der Waals surface area contributed by atoms with E-state index >= 15 is 0 Å². The molecule has 3 aromatic carbocycles. The smallest absolute Gasteiger partial charge is 0.269 e. The molecule has 10 nitrogen and oxygen atoms in total. The van der Waals surface area contributed by atoms with Crippen molar-refractivity contribution in [1.29, 1.82) is 0 Å². The molecule has 0 aliphatic carbocycles. The zero-order valence-electron chi connectivity index (χ0n) is 21.5. The number of carbonyl (C=O) groups is 4. The summed E-state index contributed by atoms with van der Waals surface area (Å²) in [6, 6.07) is 19.5. The number of aryl methyl sites for hydroxylation is 1. The van der Waals surface area contributed by atoms with Gasteiger partial charge in [-0.2, -0.15) is 4.31 Å². The number of nitrogens with one attached hydrogen (secondary N) is 2. The number of benzene rings is 3. The molecule has 4 rings (SSSR count). The summed E-state index contributed by atoms with van der Waals surface area (Å²) in [6.45, 7) is 2.08. The van der Waals surface area contributed by atoms with Crippen LogP contribution in [0.2, 0.25) is 0 Å². The molecule has 0 radical (unpaired) electrons. The fraction of sp³-hybridized carbons (Fsp3) is 0.214.